The zero-order valence-electron chi connectivity index (χ0n) is 8.84. The van der Waals surface area contributed by atoms with E-state index in [1.54, 1.807) is 6.92 Å². The summed E-state index contributed by atoms with van der Waals surface area (Å²) < 4.78 is 30.7. The van der Waals surface area contributed by atoms with Crippen LogP contribution in [0.4, 0.5) is 8.78 Å². The van der Waals surface area contributed by atoms with Crippen LogP contribution in [0.3, 0.4) is 0 Å². The molecule has 0 amide bonds. The maximum Gasteiger partial charge on any atom is 0.358 e. The minimum absolute atomic E-state index is 0.0625. The maximum absolute atomic E-state index is 12.7. The van der Waals surface area contributed by atoms with Crippen molar-refractivity contribution in [3.63, 3.8) is 0 Å². The molecule has 0 fully saturated rings. The molecule has 0 atom stereocenters. The molecule has 1 aromatic heterocycles. The van der Waals surface area contributed by atoms with Crippen LogP contribution in [0.2, 0.25) is 0 Å². The Balaban J connectivity index is 3.24. The van der Waals surface area contributed by atoms with E-state index in [0.29, 0.717) is 9.13 Å². The number of alkyl halides is 3. The highest BCUT2D eigenvalue weighted by Gasteiger charge is 2.21. The molecule has 1 aromatic rings. The Bertz CT molecular complexity index is 429. The Labute approximate surface area is 119 Å². The molecule has 0 spiro atoms. The van der Waals surface area contributed by atoms with Gasteiger partial charge in [-0.05, 0) is 41.1 Å². The third-order valence-electron chi connectivity index (χ3n) is 1.91. The van der Waals surface area contributed by atoms with Gasteiger partial charge in [0.2, 0.25) is 0 Å². The van der Waals surface area contributed by atoms with Crippen LogP contribution in [0.15, 0.2) is 6.07 Å². The zero-order valence-corrected chi connectivity index (χ0v) is 12.6. The minimum atomic E-state index is -2.72. The highest BCUT2D eigenvalue weighted by molar-refractivity contribution is 14.1. The number of carbonyl (C=O) groups excluding carboxylic acids is 1. The van der Waals surface area contributed by atoms with Crippen molar-refractivity contribution in [3.05, 3.63) is 26.6 Å². The summed E-state index contributed by atoms with van der Waals surface area (Å²) >= 11 is 4.99. The first kappa shape index (κ1) is 14.7. The lowest BCUT2D eigenvalue weighted by molar-refractivity contribution is 0.0516. The van der Waals surface area contributed by atoms with Crippen molar-refractivity contribution in [1.82, 2.24) is 4.98 Å². The Hall–Kier alpha value is -0.310. The fraction of sp³-hybridized carbons (Fsp3) is 0.400. The van der Waals surface area contributed by atoms with E-state index in [9.17, 15) is 13.6 Å². The first-order valence-electron chi connectivity index (χ1n) is 4.71. The van der Waals surface area contributed by atoms with Crippen molar-refractivity contribution in [1.29, 1.82) is 0 Å². The van der Waals surface area contributed by atoms with Gasteiger partial charge >= 0.3 is 5.97 Å². The largest absolute Gasteiger partial charge is 0.461 e. The molecular weight excluding hydrogens is 411 g/mol. The summed E-state index contributed by atoms with van der Waals surface area (Å²) in [5.74, 6) is -0.681. The summed E-state index contributed by atoms with van der Waals surface area (Å²) in [5, 5.41) is 0.263. The SMILES string of the molecule is CCOC(=O)c1nc(C(F)F)c(CBr)cc1I. The number of rotatable bonds is 4. The predicted octanol–water partition coefficient (Wildman–Crippen LogP) is 3.70. The third kappa shape index (κ3) is 3.57. The molecule has 0 unspecified atom stereocenters. The van der Waals surface area contributed by atoms with E-state index in [4.69, 9.17) is 4.74 Å². The van der Waals surface area contributed by atoms with Crippen molar-refractivity contribution >= 4 is 44.5 Å². The molecule has 17 heavy (non-hydrogen) atoms. The van der Waals surface area contributed by atoms with Crippen molar-refractivity contribution in [2.45, 2.75) is 18.7 Å². The number of hydrogen-bond acceptors (Lipinski definition) is 3. The molecule has 0 aliphatic carbocycles. The third-order valence-corrected chi connectivity index (χ3v) is 3.33. The molecular formula is C10H9BrF2INO2. The fourth-order valence-corrected chi connectivity index (χ4v) is 2.35. The quantitative estimate of drug-likeness (QED) is 0.424. The summed E-state index contributed by atoms with van der Waals surface area (Å²) in [5.41, 5.74) is -0.0738. The Kier molecular flexibility index (Phi) is 5.71. The zero-order chi connectivity index (χ0) is 13.0. The van der Waals surface area contributed by atoms with Crippen molar-refractivity contribution in [3.8, 4) is 0 Å². The number of esters is 1. The highest BCUT2D eigenvalue weighted by atomic mass is 127. The van der Waals surface area contributed by atoms with Gasteiger partial charge in [-0.1, -0.05) is 15.9 Å². The highest BCUT2D eigenvalue weighted by Crippen LogP contribution is 2.26. The van der Waals surface area contributed by atoms with Gasteiger partial charge in [0.15, 0.2) is 5.69 Å². The van der Waals surface area contributed by atoms with Crippen molar-refractivity contribution < 1.29 is 18.3 Å². The van der Waals surface area contributed by atoms with Gasteiger partial charge in [0.05, 0.1) is 6.61 Å². The molecule has 1 rings (SSSR count). The number of hydrogen-bond donors (Lipinski definition) is 0. The van der Waals surface area contributed by atoms with Crippen molar-refractivity contribution in [2.24, 2.45) is 0 Å². The van der Waals surface area contributed by atoms with E-state index in [2.05, 4.69) is 20.9 Å². The van der Waals surface area contributed by atoms with E-state index in [1.165, 1.54) is 6.07 Å². The second-order valence-corrected chi connectivity index (χ2v) is 4.74. The van der Waals surface area contributed by atoms with Crippen LogP contribution in [-0.4, -0.2) is 17.6 Å². The number of nitrogens with zero attached hydrogens (tertiary/aromatic N) is 1. The van der Waals surface area contributed by atoms with Crippen LogP contribution in [0.25, 0.3) is 0 Å². The Morgan fingerprint density at radius 2 is 2.29 bits per heavy atom. The van der Waals surface area contributed by atoms with Gasteiger partial charge in [0.25, 0.3) is 6.43 Å². The van der Waals surface area contributed by atoms with E-state index in [1.807, 2.05) is 22.6 Å². The number of pyridine rings is 1. The van der Waals surface area contributed by atoms with Crippen LogP contribution in [-0.2, 0) is 10.1 Å². The smallest absolute Gasteiger partial charge is 0.358 e. The maximum atomic E-state index is 12.7. The van der Waals surface area contributed by atoms with Crippen LogP contribution >= 0.6 is 38.5 Å². The van der Waals surface area contributed by atoms with Gasteiger partial charge in [-0.25, -0.2) is 18.6 Å². The standard InChI is InChI=1S/C10H9BrF2INO2/c1-2-17-10(16)8-6(14)3-5(4-11)7(15-8)9(12)13/h3,9H,2,4H2,1H3. The van der Waals surface area contributed by atoms with E-state index >= 15 is 0 Å². The summed E-state index contributed by atoms with van der Waals surface area (Å²) in [6, 6.07) is 1.51. The minimum Gasteiger partial charge on any atom is -0.461 e. The molecule has 3 nitrogen and oxygen atoms in total. The molecule has 1 heterocycles. The molecule has 0 aliphatic rings. The van der Waals surface area contributed by atoms with Crippen LogP contribution in [0.5, 0.6) is 0 Å². The summed E-state index contributed by atoms with van der Waals surface area (Å²) in [6.45, 7) is 1.83. The van der Waals surface area contributed by atoms with Gasteiger partial charge in [-0.3, -0.25) is 0 Å². The summed E-state index contributed by atoms with van der Waals surface area (Å²) in [6.07, 6.45) is -2.72. The van der Waals surface area contributed by atoms with Gasteiger partial charge in [-0.2, -0.15) is 0 Å². The molecule has 0 saturated carbocycles. The molecule has 0 bridgehead atoms. The molecule has 0 aromatic carbocycles. The lowest BCUT2D eigenvalue weighted by Gasteiger charge is -2.10. The van der Waals surface area contributed by atoms with Gasteiger partial charge < -0.3 is 4.74 Å². The molecule has 0 saturated heterocycles. The molecule has 7 heteroatoms. The Morgan fingerprint density at radius 1 is 1.65 bits per heavy atom. The summed E-state index contributed by atoms with van der Waals surface area (Å²) in [7, 11) is 0. The second-order valence-electron chi connectivity index (χ2n) is 3.02. The monoisotopic (exact) mass is 419 g/mol. The van der Waals surface area contributed by atoms with Crippen molar-refractivity contribution in [2.75, 3.05) is 6.61 Å². The normalized spacial score (nSPS) is 10.7. The average Bonchev–Trinajstić information content (AvgIpc) is 2.28. The van der Waals surface area contributed by atoms with E-state index < -0.39 is 12.4 Å². The average molecular weight is 420 g/mol. The molecule has 0 radical (unpaired) electrons. The molecule has 0 aliphatic heterocycles. The first-order valence-corrected chi connectivity index (χ1v) is 6.91. The predicted molar refractivity (Wildman–Crippen MR) is 70.5 cm³/mol. The van der Waals surface area contributed by atoms with Gasteiger partial charge in [0.1, 0.15) is 5.69 Å². The number of ether oxygens (including phenoxy) is 1. The van der Waals surface area contributed by atoms with Gasteiger partial charge in [0, 0.05) is 8.90 Å². The lowest BCUT2D eigenvalue weighted by atomic mass is 10.2. The number of carbonyl (C=O) groups is 1. The van der Waals surface area contributed by atoms with Crippen LogP contribution in [0.1, 0.15) is 35.1 Å². The van der Waals surface area contributed by atoms with Crippen LogP contribution < -0.4 is 0 Å². The van der Waals surface area contributed by atoms with E-state index in [0.717, 1.165) is 0 Å². The number of aromatic nitrogens is 1. The topological polar surface area (TPSA) is 39.2 Å². The Morgan fingerprint density at radius 3 is 2.76 bits per heavy atom. The molecule has 0 N–H and O–H groups in total. The lowest BCUT2D eigenvalue weighted by Crippen LogP contribution is -2.12. The second kappa shape index (κ2) is 6.58. The molecule has 94 valence electrons. The first-order chi connectivity index (χ1) is 8.01. The van der Waals surface area contributed by atoms with E-state index in [-0.39, 0.29) is 23.3 Å². The van der Waals surface area contributed by atoms with Gasteiger partial charge in [-0.15, -0.1) is 0 Å². The summed E-state index contributed by atoms with van der Waals surface area (Å²) in [4.78, 5) is 15.2. The fourth-order valence-electron chi connectivity index (χ4n) is 1.18. The van der Waals surface area contributed by atoms with Crippen LogP contribution in [0, 0.1) is 3.57 Å². The number of halogens is 4.